The van der Waals surface area contributed by atoms with Crippen molar-refractivity contribution in [2.24, 2.45) is 0 Å². The fraction of sp³-hybridized carbons (Fsp3) is 0.250. The monoisotopic (exact) mass is 543 g/mol. The first kappa shape index (κ1) is 27.5. The zero-order chi connectivity index (χ0) is 26.5. The molecule has 12 heteroatoms. The van der Waals surface area contributed by atoms with Crippen LogP contribution in [0.3, 0.4) is 0 Å². The molecule has 1 aromatic heterocycles. The summed E-state index contributed by atoms with van der Waals surface area (Å²) in [5.41, 5.74) is 4.39. The molecule has 2 N–H and O–H groups in total. The van der Waals surface area contributed by atoms with Gasteiger partial charge in [0.25, 0.3) is 5.91 Å². The molecular formula is C24H22Cl2F3N3O4. The van der Waals surface area contributed by atoms with E-state index < -0.39 is 18.5 Å². The van der Waals surface area contributed by atoms with Crippen LogP contribution in [-0.4, -0.2) is 35.9 Å². The molecule has 0 spiro atoms. The molecule has 0 fully saturated rings. The Morgan fingerprint density at radius 3 is 2.53 bits per heavy atom. The number of fused-ring (bicyclic) bond motifs is 1. The number of carbonyl (C=O) groups excluding carboxylic acids is 1. The number of nitrogens with zero attached hydrogens (tertiary/aromatic N) is 2. The molecule has 0 unspecified atom stereocenters. The number of aryl methyl sites for hydroxylation is 2. The second-order valence-electron chi connectivity index (χ2n) is 7.68. The summed E-state index contributed by atoms with van der Waals surface area (Å²) in [6.45, 7) is 3.77. The lowest BCUT2D eigenvalue weighted by atomic mass is 10.1. The van der Waals surface area contributed by atoms with Crippen LogP contribution in [0, 0.1) is 13.8 Å². The van der Waals surface area contributed by atoms with Gasteiger partial charge in [0.2, 0.25) is 0 Å². The van der Waals surface area contributed by atoms with E-state index in [1.165, 1.54) is 24.4 Å². The Bertz CT molecular complexity index is 1240. The smallest absolute Gasteiger partial charge is 0.417 e. The van der Waals surface area contributed by atoms with Crippen LogP contribution in [0.2, 0.25) is 10.0 Å². The Hall–Kier alpha value is -3.05. The zero-order valence-electron chi connectivity index (χ0n) is 19.2. The van der Waals surface area contributed by atoms with Crippen LogP contribution in [-0.2, 0) is 11.0 Å². The van der Waals surface area contributed by atoms with Gasteiger partial charge >= 0.3 is 6.18 Å². The second-order valence-corrected chi connectivity index (χ2v) is 8.53. The van der Waals surface area contributed by atoms with Crippen molar-refractivity contribution in [3.8, 4) is 5.75 Å². The first-order valence-corrected chi connectivity index (χ1v) is 11.3. The minimum atomic E-state index is -4.36. The molecule has 0 bridgehead atoms. The van der Waals surface area contributed by atoms with Gasteiger partial charge in [0.05, 0.1) is 33.5 Å². The van der Waals surface area contributed by atoms with Crippen LogP contribution in [0.15, 0.2) is 48.7 Å². The number of carbonyl (C=O) groups is 1. The number of aliphatic hydroxyl groups excluding tert-OH is 1. The van der Waals surface area contributed by atoms with Crippen LogP contribution >= 0.6 is 23.2 Å². The molecule has 0 radical (unpaired) electrons. The van der Waals surface area contributed by atoms with Crippen molar-refractivity contribution < 1.29 is 32.6 Å². The van der Waals surface area contributed by atoms with Crippen LogP contribution in [0.1, 0.15) is 27.2 Å². The van der Waals surface area contributed by atoms with Crippen molar-refractivity contribution in [1.29, 1.82) is 0 Å². The molecule has 4 rings (SSSR count). The highest BCUT2D eigenvalue weighted by Crippen LogP contribution is 2.35. The van der Waals surface area contributed by atoms with Crippen molar-refractivity contribution in [3.63, 3.8) is 0 Å². The van der Waals surface area contributed by atoms with Crippen molar-refractivity contribution in [3.05, 3.63) is 81.1 Å². The normalized spacial score (nSPS) is 12.7. The van der Waals surface area contributed by atoms with Crippen molar-refractivity contribution in [2.45, 2.75) is 20.0 Å². The fourth-order valence-electron chi connectivity index (χ4n) is 3.32. The molecule has 2 heterocycles. The SMILES string of the molecule is Cc1ccc(Cl)c(C(F)(F)F)c1.Cc1ccc2c(c1)N(C(=O)c1ncc(Cl)cc1NOCO)CCO2. The molecule has 0 aliphatic carbocycles. The van der Waals surface area contributed by atoms with Crippen LogP contribution in [0.5, 0.6) is 5.75 Å². The maximum atomic E-state index is 13.0. The number of aromatic nitrogens is 1. The minimum Gasteiger partial charge on any atom is -0.490 e. The Morgan fingerprint density at radius 2 is 1.86 bits per heavy atom. The largest absolute Gasteiger partial charge is 0.490 e. The van der Waals surface area contributed by atoms with E-state index in [2.05, 4.69) is 10.5 Å². The van der Waals surface area contributed by atoms with E-state index in [0.717, 1.165) is 11.6 Å². The topological polar surface area (TPSA) is 83.9 Å². The predicted molar refractivity (Wildman–Crippen MR) is 131 cm³/mol. The Balaban J connectivity index is 0.000000253. The summed E-state index contributed by atoms with van der Waals surface area (Å²) < 4.78 is 42.0. The molecular weight excluding hydrogens is 522 g/mol. The summed E-state index contributed by atoms with van der Waals surface area (Å²) in [6.07, 6.45) is -2.97. The molecule has 192 valence electrons. The summed E-state index contributed by atoms with van der Waals surface area (Å²) in [7, 11) is 0. The van der Waals surface area contributed by atoms with Gasteiger partial charge < -0.3 is 14.7 Å². The number of alkyl halides is 3. The van der Waals surface area contributed by atoms with Crippen LogP contribution < -0.4 is 15.1 Å². The number of nitrogens with one attached hydrogen (secondary N) is 1. The van der Waals surface area contributed by atoms with Crippen LogP contribution in [0.4, 0.5) is 24.5 Å². The lowest BCUT2D eigenvalue weighted by molar-refractivity contribution is -0.137. The number of hydrogen-bond donors (Lipinski definition) is 2. The molecule has 0 saturated heterocycles. The molecule has 1 aliphatic heterocycles. The molecule has 1 aliphatic rings. The number of rotatable bonds is 4. The van der Waals surface area contributed by atoms with Gasteiger partial charge in [-0.3, -0.25) is 10.3 Å². The van der Waals surface area contributed by atoms with Gasteiger partial charge in [-0.1, -0.05) is 40.9 Å². The molecule has 3 aromatic rings. The second kappa shape index (κ2) is 11.8. The number of halogens is 5. The van der Waals surface area contributed by atoms with E-state index >= 15 is 0 Å². The van der Waals surface area contributed by atoms with E-state index in [1.54, 1.807) is 11.8 Å². The highest BCUT2D eigenvalue weighted by Gasteiger charge is 2.33. The maximum Gasteiger partial charge on any atom is 0.417 e. The molecule has 36 heavy (non-hydrogen) atoms. The van der Waals surface area contributed by atoms with Crippen molar-refractivity contribution in [2.75, 3.05) is 30.3 Å². The summed E-state index contributed by atoms with van der Waals surface area (Å²) in [4.78, 5) is 23.4. The van der Waals surface area contributed by atoms with Gasteiger partial charge in [-0.2, -0.15) is 13.2 Å². The summed E-state index contributed by atoms with van der Waals surface area (Å²) in [6, 6.07) is 11.0. The molecule has 1 amide bonds. The van der Waals surface area contributed by atoms with Gasteiger partial charge in [0.1, 0.15) is 12.4 Å². The van der Waals surface area contributed by atoms with Crippen molar-refractivity contribution in [1.82, 2.24) is 4.98 Å². The van der Waals surface area contributed by atoms with Gasteiger partial charge in [-0.25, -0.2) is 9.82 Å². The Labute approximate surface area is 215 Å². The third kappa shape index (κ3) is 6.79. The molecule has 0 atom stereocenters. The number of anilines is 2. The van der Waals surface area contributed by atoms with E-state index in [0.29, 0.717) is 35.2 Å². The third-order valence-corrected chi connectivity index (χ3v) is 5.49. The summed E-state index contributed by atoms with van der Waals surface area (Å²) >= 11 is 11.3. The van der Waals surface area contributed by atoms with Gasteiger partial charge in [-0.05, 0) is 49.7 Å². The maximum absolute atomic E-state index is 13.0. The van der Waals surface area contributed by atoms with E-state index in [1.807, 2.05) is 25.1 Å². The van der Waals surface area contributed by atoms with Gasteiger partial charge in [0.15, 0.2) is 12.5 Å². The molecule has 0 saturated carbocycles. The average Bonchev–Trinajstić information content (AvgIpc) is 2.83. The molecule has 7 nitrogen and oxygen atoms in total. The minimum absolute atomic E-state index is 0.141. The van der Waals surface area contributed by atoms with E-state index in [4.69, 9.17) is 37.9 Å². The Kier molecular flexibility index (Phi) is 9.02. The number of amides is 1. The number of benzene rings is 2. The number of ether oxygens (including phenoxy) is 1. The molecule has 2 aromatic carbocycles. The lowest BCUT2D eigenvalue weighted by Gasteiger charge is -2.30. The first-order chi connectivity index (χ1) is 17.0. The quantitative estimate of drug-likeness (QED) is 0.308. The van der Waals surface area contributed by atoms with E-state index in [-0.39, 0.29) is 22.3 Å². The van der Waals surface area contributed by atoms with Crippen LogP contribution in [0.25, 0.3) is 0 Å². The summed E-state index contributed by atoms with van der Waals surface area (Å²) in [5, 5.41) is 8.87. The first-order valence-electron chi connectivity index (χ1n) is 10.5. The van der Waals surface area contributed by atoms with E-state index in [9.17, 15) is 18.0 Å². The number of hydrogen-bond acceptors (Lipinski definition) is 6. The Morgan fingerprint density at radius 1 is 1.17 bits per heavy atom. The summed E-state index contributed by atoms with van der Waals surface area (Å²) in [5.74, 6) is 0.334. The zero-order valence-corrected chi connectivity index (χ0v) is 20.7. The lowest BCUT2D eigenvalue weighted by Crippen LogP contribution is -2.38. The standard InChI is InChI=1S/C16H16ClN3O4.C8H6ClF3/c1-10-2-3-14-13(6-10)20(4-5-23-14)16(22)15-12(19-24-9-21)7-11(17)8-18-15;1-5-2-3-7(9)6(4-5)8(10,11)12/h2-3,6-8,19,21H,4-5,9H2,1H3;2-4H,1H3. The highest BCUT2D eigenvalue weighted by atomic mass is 35.5. The van der Waals surface area contributed by atoms with Crippen molar-refractivity contribution >= 4 is 40.5 Å². The number of aliphatic hydroxyl groups is 1. The fourth-order valence-corrected chi connectivity index (χ4v) is 3.70. The predicted octanol–water partition coefficient (Wildman–Crippen LogP) is 6.04. The number of pyridine rings is 1. The van der Waals surface area contributed by atoms with Gasteiger partial charge in [-0.15, -0.1) is 0 Å². The third-order valence-electron chi connectivity index (χ3n) is 4.95. The highest BCUT2D eigenvalue weighted by molar-refractivity contribution is 6.31. The average molecular weight is 544 g/mol. The van der Waals surface area contributed by atoms with Gasteiger partial charge in [0, 0.05) is 6.20 Å².